The summed E-state index contributed by atoms with van der Waals surface area (Å²) in [5, 5.41) is 2.54. The molecule has 9 heteroatoms. The number of imide groups is 2. The third kappa shape index (κ3) is 4.38. The highest BCUT2D eigenvalue weighted by molar-refractivity contribution is 14.1. The molecule has 1 aliphatic rings. The number of carbonyl (C=O) groups is 3. The number of amides is 4. The average molecular weight is 527 g/mol. The van der Waals surface area contributed by atoms with Gasteiger partial charge in [-0.05, 0) is 71.5 Å². The molecule has 0 aliphatic carbocycles. The van der Waals surface area contributed by atoms with Crippen LogP contribution in [0, 0.1) is 3.57 Å². The molecule has 150 valence electrons. The molecule has 29 heavy (non-hydrogen) atoms. The van der Waals surface area contributed by atoms with E-state index in [-0.39, 0.29) is 11.3 Å². The number of hydrogen-bond acceptors (Lipinski definition) is 5. The molecule has 0 aromatic heterocycles. The Kier molecular flexibility index (Phi) is 6.43. The van der Waals surface area contributed by atoms with Crippen LogP contribution in [-0.4, -0.2) is 31.6 Å². The number of barbiturate groups is 1. The van der Waals surface area contributed by atoms with E-state index in [1.165, 1.54) is 19.3 Å². The summed E-state index contributed by atoms with van der Waals surface area (Å²) in [5.41, 5.74) is 0.623. The number of hydrogen-bond donors (Lipinski definition) is 1. The monoisotopic (exact) mass is 526 g/mol. The van der Waals surface area contributed by atoms with Gasteiger partial charge in [0.15, 0.2) is 11.5 Å². The van der Waals surface area contributed by atoms with E-state index in [4.69, 9.17) is 21.1 Å². The molecule has 1 saturated heterocycles. The summed E-state index contributed by atoms with van der Waals surface area (Å²) in [7, 11) is 1.50. The number of nitrogens with zero attached hydrogens (tertiary/aromatic N) is 1. The Hall–Kier alpha value is -2.59. The second kappa shape index (κ2) is 8.83. The molecule has 1 N–H and O–H groups in total. The van der Waals surface area contributed by atoms with Gasteiger partial charge in [-0.3, -0.25) is 14.9 Å². The van der Waals surface area contributed by atoms with Crippen molar-refractivity contribution >= 4 is 63.8 Å². The lowest BCUT2D eigenvalue weighted by molar-refractivity contribution is -0.122. The van der Waals surface area contributed by atoms with Crippen LogP contribution in [0.5, 0.6) is 11.5 Å². The van der Waals surface area contributed by atoms with Crippen molar-refractivity contribution in [2.24, 2.45) is 0 Å². The highest BCUT2D eigenvalue weighted by atomic mass is 127. The molecule has 0 unspecified atom stereocenters. The van der Waals surface area contributed by atoms with Crippen LogP contribution >= 0.6 is 34.2 Å². The van der Waals surface area contributed by atoms with E-state index in [0.717, 1.165) is 8.47 Å². The maximum Gasteiger partial charge on any atom is 0.335 e. The Balaban J connectivity index is 2.04. The zero-order chi connectivity index (χ0) is 21.1. The summed E-state index contributed by atoms with van der Waals surface area (Å²) in [6.07, 6.45) is 1.40. The fourth-order valence-electron chi connectivity index (χ4n) is 2.78. The van der Waals surface area contributed by atoms with E-state index in [1.807, 2.05) is 6.92 Å². The van der Waals surface area contributed by atoms with Crippen molar-refractivity contribution in [1.82, 2.24) is 5.32 Å². The molecule has 2 aromatic rings. The summed E-state index contributed by atoms with van der Waals surface area (Å²) in [6.45, 7) is 2.32. The Morgan fingerprint density at radius 2 is 1.97 bits per heavy atom. The number of urea groups is 1. The molecule has 3 rings (SSSR count). The molecule has 1 heterocycles. The Bertz CT molecular complexity index is 1040. The van der Waals surface area contributed by atoms with Crippen LogP contribution in [0.1, 0.15) is 12.5 Å². The number of nitrogens with one attached hydrogen (secondary N) is 1. The van der Waals surface area contributed by atoms with Crippen molar-refractivity contribution in [2.75, 3.05) is 18.6 Å². The van der Waals surface area contributed by atoms with Gasteiger partial charge in [-0.1, -0.05) is 17.7 Å². The second-order valence-corrected chi connectivity index (χ2v) is 7.50. The molecule has 0 spiro atoms. The lowest BCUT2D eigenvalue weighted by Crippen LogP contribution is -2.54. The lowest BCUT2D eigenvalue weighted by Gasteiger charge is -2.26. The first-order valence-corrected chi connectivity index (χ1v) is 9.98. The molecule has 0 bridgehead atoms. The molecular weight excluding hydrogens is 511 g/mol. The highest BCUT2D eigenvalue weighted by Gasteiger charge is 2.37. The maximum absolute atomic E-state index is 12.9. The fourth-order valence-corrected chi connectivity index (χ4v) is 3.75. The largest absolute Gasteiger partial charge is 0.493 e. The average Bonchev–Trinajstić information content (AvgIpc) is 2.67. The van der Waals surface area contributed by atoms with Crippen molar-refractivity contribution in [3.63, 3.8) is 0 Å². The molecule has 7 nitrogen and oxygen atoms in total. The number of methoxy groups -OCH3 is 1. The molecule has 0 radical (unpaired) electrons. The number of anilines is 1. The van der Waals surface area contributed by atoms with Crippen molar-refractivity contribution in [1.29, 1.82) is 0 Å². The SMILES string of the molecule is CCOc1c(I)cc(/C=C2\C(=O)NC(=O)N(c3cccc(Cl)c3)C2=O)cc1OC. The first-order valence-electron chi connectivity index (χ1n) is 8.53. The topological polar surface area (TPSA) is 84.9 Å². The van der Waals surface area contributed by atoms with E-state index < -0.39 is 17.8 Å². The summed E-state index contributed by atoms with van der Waals surface area (Å²) in [4.78, 5) is 38.4. The lowest BCUT2D eigenvalue weighted by atomic mass is 10.1. The molecule has 1 fully saturated rings. The van der Waals surface area contributed by atoms with Gasteiger partial charge in [0.25, 0.3) is 11.8 Å². The van der Waals surface area contributed by atoms with Crippen LogP contribution in [0.3, 0.4) is 0 Å². The zero-order valence-electron chi connectivity index (χ0n) is 15.5. The Morgan fingerprint density at radius 1 is 1.21 bits per heavy atom. The van der Waals surface area contributed by atoms with Crippen molar-refractivity contribution in [3.8, 4) is 11.5 Å². The molecule has 0 atom stereocenters. The van der Waals surface area contributed by atoms with E-state index >= 15 is 0 Å². The van der Waals surface area contributed by atoms with Crippen LogP contribution in [-0.2, 0) is 9.59 Å². The number of benzene rings is 2. The number of halogens is 2. The van der Waals surface area contributed by atoms with Gasteiger partial charge in [-0.15, -0.1) is 0 Å². The van der Waals surface area contributed by atoms with Gasteiger partial charge in [0, 0.05) is 5.02 Å². The van der Waals surface area contributed by atoms with Crippen molar-refractivity contribution < 1.29 is 23.9 Å². The van der Waals surface area contributed by atoms with Crippen LogP contribution in [0.2, 0.25) is 5.02 Å². The van der Waals surface area contributed by atoms with Crippen LogP contribution in [0.25, 0.3) is 6.08 Å². The zero-order valence-corrected chi connectivity index (χ0v) is 18.4. The molecule has 4 amide bonds. The van der Waals surface area contributed by atoms with E-state index in [9.17, 15) is 14.4 Å². The number of carbonyl (C=O) groups excluding carboxylic acids is 3. The van der Waals surface area contributed by atoms with E-state index in [0.29, 0.717) is 28.7 Å². The minimum absolute atomic E-state index is 0.188. The first kappa shape index (κ1) is 21.1. The minimum atomic E-state index is -0.835. The fraction of sp³-hybridized carbons (Fsp3) is 0.150. The summed E-state index contributed by atoms with van der Waals surface area (Å²) < 4.78 is 11.7. The molecule has 2 aromatic carbocycles. The summed E-state index contributed by atoms with van der Waals surface area (Å²) in [6, 6.07) is 8.82. The first-order chi connectivity index (χ1) is 13.8. The minimum Gasteiger partial charge on any atom is -0.493 e. The normalized spacial score (nSPS) is 15.5. The Labute approximate surface area is 185 Å². The van der Waals surface area contributed by atoms with Crippen molar-refractivity contribution in [3.05, 3.63) is 56.1 Å². The molecule has 1 aliphatic heterocycles. The summed E-state index contributed by atoms with van der Waals surface area (Å²) in [5.74, 6) is -0.477. The summed E-state index contributed by atoms with van der Waals surface area (Å²) >= 11 is 8.05. The highest BCUT2D eigenvalue weighted by Crippen LogP contribution is 2.35. The number of ether oxygens (including phenoxy) is 2. The van der Waals surface area contributed by atoms with Gasteiger partial charge in [-0.2, -0.15) is 0 Å². The third-order valence-corrected chi connectivity index (χ3v) is 5.06. The number of rotatable bonds is 5. The van der Waals surface area contributed by atoms with Crippen LogP contribution < -0.4 is 19.7 Å². The quantitative estimate of drug-likeness (QED) is 0.361. The van der Waals surface area contributed by atoms with Gasteiger partial charge in [-0.25, -0.2) is 9.69 Å². The standard InChI is InChI=1S/C20H16ClIN2O5/c1-3-29-17-15(22)8-11(9-16(17)28-2)7-14-18(25)23-20(27)24(19(14)26)13-6-4-5-12(21)10-13/h4-10H,3H2,1-2H3,(H,23,25,27)/b14-7+. The maximum atomic E-state index is 12.9. The van der Waals surface area contributed by atoms with E-state index in [2.05, 4.69) is 27.9 Å². The smallest absolute Gasteiger partial charge is 0.335 e. The van der Waals surface area contributed by atoms with Gasteiger partial charge >= 0.3 is 6.03 Å². The second-order valence-electron chi connectivity index (χ2n) is 5.90. The molecular formula is C20H16ClIN2O5. The third-order valence-electron chi connectivity index (χ3n) is 4.02. The molecule has 0 saturated carbocycles. The van der Waals surface area contributed by atoms with Crippen LogP contribution in [0.15, 0.2) is 42.0 Å². The van der Waals surface area contributed by atoms with Crippen LogP contribution in [0.4, 0.5) is 10.5 Å². The van der Waals surface area contributed by atoms with Gasteiger partial charge in [0.2, 0.25) is 0 Å². The predicted octanol–water partition coefficient (Wildman–Crippen LogP) is 4.02. The van der Waals surface area contributed by atoms with E-state index in [1.54, 1.807) is 30.3 Å². The predicted molar refractivity (Wildman–Crippen MR) is 117 cm³/mol. The van der Waals surface area contributed by atoms with Gasteiger partial charge in [0.1, 0.15) is 5.57 Å². The Morgan fingerprint density at radius 3 is 2.62 bits per heavy atom. The van der Waals surface area contributed by atoms with Gasteiger partial charge < -0.3 is 9.47 Å². The van der Waals surface area contributed by atoms with Gasteiger partial charge in [0.05, 0.1) is 23.0 Å². The van der Waals surface area contributed by atoms with Crippen molar-refractivity contribution in [2.45, 2.75) is 6.92 Å².